The summed E-state index contributed by atoms with van der Waals surface area (Å²) in [6, 6.07) is 1.75. The fourth-order valence-corrected chi connectivity index (χ4v) is 1.10. The quantitative estimate of drug-likeness (QED) is 0.769. The number of hydrogen-bond acceptors (Lipinski definition) is 2. The maximum absolute atomic E-state index is 11.3. The van der Waals surface area contributed by atoms with Crippen LogP contribution in [-0.2, 0) is 9.59 Å². The van der Waals surface area contributed by atoms with Crippen molar-refractivity contribution in [2.75, 3.05) is 14.1 Å². The first kappa shape index (κ1) is 12.8. The highest BCUT2D eigenvalue weighted by Gasteiger charge is 1.98. The first-order valence-electron chi connectivity index (χ1n) is 4.98. The molecule has 1 rings (SSSR count). The van der Waals surface area contributed by atoms with Crippen LogP contribution in [0.25, 0.3) is 12.2 Å². The summed E-state index contributed by atoms with van der Waals surface area (Å²) >= 11 is 0. The standard InChI is InChI=1S/C12H14N2O3/c1-14(2)11(15)5-3-9-7-10(13-8-9)4-6-12(16)17/h3-8,13H,1-2H3,(H,16,17)/b5-3+,6-4+. The summed E-state index contributed by atoms with van der Waals surface area (Å²) in [6.07, 6.45) is 7.31. The number of aliphatic carboxylic acids is 1. The fraction of sp³-hybridized carbons (Fsp3) is 0.167. The Kier molecular flexibility index (Phi) is 4.28. The van der Waals surface area contributed by atoms with E-state index in [0.717, 1.165) is 11.6 Å². The molecule has 5 nitrogen and oxygen atoms in total. The zero-order chi connectivity index (χ0) is 12.8. The number of carbonyl (C=O) groups is 2. The second kappa shape index (κ2) is 5.69. The maximum Gasteiger partial charge on any atom is 0.328 e. The van der Waals surface area contributed by atoms with Crippen LogP contribution in [0.15, 0.2) is 24.4 Å². The Morgan fingerprint density at radius 1 is 1.29 bits per heavy atom. The molecular formula is C12H14N2O3. The molecule has 0 radical (unpaired) electrons. The summed E-state index contributed by atoms with van der Waals surface area (Å²) < 4.78 is 0. The lowest BCUT2D eigenvalue weighted by molar-refractivity contribution is -0.131. The van der Waals surface area contributed by atoms with Crippen LogP contribution in [0, 0.1) is 0 Å². The van der Waals surface area contributed by atoms with E-state index in [9.17, 15) is 9.59 Å². The van der Waals surface area contributed by atoms with E-state index in [1.54, 1.807) is 32.4 Å². The summed E-state index contributed by atoms with van der Waals surface area (Å²) in [5, 5.41) is 8.45. The Labute approximate surface area is 99.1 Å². The van der Waals surface area contributed by atoms with Gasteiger partial charge in [0.25, 0.3) is 0 Å². The van der Waals surface area contributed by atoms with Crippen molar-refractivity contribution < 1.29 is 14.7 Å². The van der Waals surface area contributed by atoms with Crippen LogP contribution in [0.1, 0.15) is 11.3 Å². The van der Waals surface area contributed by atoms with Crippen LogP contribution in [0.2, 0.25) is 0 Å². The van der Waals surface area contributed by atoms with Gasteiger partial charge < -0.3 is 15.0 Å². The maximum atomic E-state index is 11.3. The lowest BCUT2D eigenvalue weighted by atomic mass is 10.2. The van der Waals surface area contributed by atoms with Crippen LogP contribution < -0.4 is 0 Å². The van der Waals surface area contributed by atoms with E-state index in [1.807, 2.05) is 0 Å². The molecule has 1 aromatic rings. The molecular weight excluding hydrogens is 220 g/mol. The molecule has 0 spiro atoms. The van der Waals surface area contributed by atoms with Crippen LogP contribution in [0.5, 0.6) is 0 Å². The second-order valence-corrected chi connectivity index (χ2v) is 3.63. The molecule has 0 aliphatic rings. The number of aromatic amines is 1. The molecule has 0 saturated carbocycles. The lowest BCUT2D eigenvalue weighted by Gasteiger charge is -2.04. The third-order valence-corrected chi connectivity index (χ3v) is 1.99. The third-order valence-electron chi connectivity index (χ3n) is 1.99. The molecule has 5 heteroatoms. The summed E-state index contributed by atoms with van der Waals surface area (Å²) in [5.74, 6) is -1.10. The molecule has 0 aliphatic carbocycles. The van der Waals surface area contributed by atoms with Crippen LogP contribution in [-0.4, -0.2) is 41.0 Å². The average molecular weight is 234 g/mol. The zero-order valence-corrected chi connectivity index (χ0v) is 9.68. The topological polar surface area (TPSA) is 73.4 Å². The van der Waals surface area contributed by atoms with Gasteiger partial charge in [-0.15, -0.1) is 0 Å². The first-order valence-corrected chi connectivity index (χ1v) is 4.98. The highest BCUT2D eigenvalue weighted by Crippen LogP contribution is 2.07. The summed E-state index contributed by atoms with van der Waals surface area (Å²) in [6.45, 7) is 0. The number of carboxylic acid groups (broad SMARTS) is 1. The molecule has 0 aliphatic heterocycles. The van der Waals surface area contributed by atoms with Crippen LogP contribution in [0.3, 0.4) is 0 Å². The molecule has 0 atom stereocenters. The molecule has 1 amide bonds. The number of rotatable bonds is 4. The molecule has 0 aromatic carbocycles. The minimum absolute atomic E-state index is 0.103. The molecule has 0 saturated heterocycles. The zero-order valence-electron chi connectivity index (χ0n) is 9.68. The van der Waals surface area contributed by atoms with Gasteiger partial charge in [-0.05, 0) is 23.8 Å². The smallest absolute Gasteiger partial charge is 0.328 e. The highest BCUT2D eigenvalue weighted by atomic mass is 16.4. The molecule has 0 fully saturated rings. The lowest BCUT2D eigenvalue weighted by Crippen LogP contribution is -2.18. The largest absolute Gasteiger partial charge is 0.478 e. The molecule has 0 bridgehead atoms. The van der Waals surface area contributed by atoms with E-state index in [2.05, 4.69) is 4.98 Å². The SMILES string of the molecule is CN(C)C(=O)/C=C/c1c[nH]c(/C=C/C(=O)O)c1. The van der Waals surface area contributed by atoms with E-state index in [-0.39, 0.29) is 5.91 Å². The van der Waals surface area contributed by atoms with Crippen molar-refractivity contribution in [2.45, 2.75) is 0 Å². The number of carboxylic acids is 1. The highest BCUT2D eigenvalue weighted by molar-refractivity contribution is 5.91. The van der Waals surface area contributed by atoms with Gasteiger partial charge >= 0.3 is 5.97 Å². The Bertz CT molecular complexity index is 470. The molecule has 1 heterocycles. The van der Waals surface area contributed by atoms with E-state index >= 15 is 0 Å². The number of aromatic nitrogens is 1. The number of carbonyl (C=O) groups excluding carboxylic acids is 1. The molecule has 2 N–H and O–H groups in total. The monoisotopic (exact) mass is 234 g/mol. The number of nitrogens with zero attached hydrogens (tertiary/aromatic N) is 1. The number of hydrogen-bond donors (Lipinski definition) is 2. The van der Waals surface area contributed by atoms with E-state index in [4.69, 9.17) is 5.11 Å². The summed E-state index contributed by atoms with van der Waals surface area (Å²) in [4.78, 5) is 25.9. The van der Waals surface area contributed by atoms with Crippen molar-refractivity contribution in [3.8, 4) is 0 Å². The van der Waals surface area contributed by atoms with Gasteiger partial charge in [-0.2, -0.15) is 0 Å². The molecule has 90 valence electrons. The Hall–Kier alpha value is -2.30. The van der Waals surface area contributed by atoms with Crippen molar-refractivity contribution in [1.82, 2.24) is 9.88 Å². The number of H-pyrrole nitrogens is 1. The minimum Gasteiger partial charge on any atom is -0.478 e. The van der Waals surface area contributed by atoms with Gasteiger partial charge in [0, 0.05) is 38.1 Å². The van der Waals surface area contributed by atoms with Gasteiger partial charge in [0.15, 0.2) is 0 Å². The van der Waals surface area contributed by atoms with E-state index in [0.29, 0.717) is 5.69 Å². The summed E-state index contributed by atoms with van der Waals surface area (Å²) in [5.41, 5.74) is 1.48. The predicted molar refractivity (Wildman–Crippen MR) is 65.2 cm³/mol. The van der Waals surface area contributed by atoms with Crippen LogP contribution >= 0.6 is 0 Å². The van der Waals surface area contributed by atoms with Crippen LogP contribution in [0.4, 0.5) is 0 Å². The molecule has 0 unspecified atom stereocenters. The van der Waals surface area contributed by atoms with Gasteiger partial charge in [0.05, 0.1) is 0 Å². The average Bonchev–Trinajstić information content (AvgIpc) is 2.70. The van der Waals surface area contributed by atoms with Crippen molar-refractivity contribution in [1.29, 1.82) is 0 Å². The number of likely N-dealkylation sites (N-methyl/N-ethyl adjacent to an activating group) is 1. The molecule has 17 heavy (non-hydrogen) atoms. The van der Waals surface area contributed by atoms with Gasteiger partial charge in [-0.1, -0.05) is 0 Å². The number of amides is 1. The van der Waals surface area contributed by atoms with E-state index in [1.165, 1.54) is 17.1 Å². The third kappa shape index (κ3) is 4.38. The minimum atomic E-state index is -1.00. The predicted octanol–water partition coefficient (Wildman–Crippen LogP) is 1.21. The normalized spacial score (nSPS) is 11.2. The van der Waals surface area contributed by atoms with Crippen molar-refractivity contribution in [3.63, 3.8) is 0 Å². The summed E-state index contributed by atoms with van der Waals surface area (Å²) in [7, 11) is 3.34. The van der Waals surface area contributed by atoms with Crippen molar-refractivity contribution >= 4 is 24.0 Å². The van der Waals surface area contributed by atoms with Crippen molar-refractivity contribution in [3.05, 3.63) is 35.7 Å². The second-order valence-electron chi connectivity index (χ2n) is 3.63. The Morgan fingerprint density at radius 2 is 2.00 bits per heavy atom. The van der Waals surface area contributed by atoms with Gasteiger partial charge in [0.1, 0.15) is 0 Å². The Morgan fingerprint density at radius 3 is 2.59 bits per heavy atom. The van der Waals surface area contributed by atoms with Gasteiger partial charge in [-0.3, -0.25) is 4.79 Å². The first-order chi connectivity index (χ1) is 7.99. The van der Waals surface area contributed by atoms with Gasteiger partial charge in [0.2, 0.25) is 5.91 Å². The van der Waals surface area contributed by atoms with Gasteiger partial charge in [-0.25, -0.2) is 4.79 Å². The van der Waals surface area contributed by atoms with Crippen molar-refractivity contribution in [2.24, 2.45) is 0 Å². The Balaban J connectivity index is 2.69. The number of nitrogens with one attached hydrogen (secondary N) is 1. The molecule has 1 aromatic heterocycles. The van der Waals surface area contributed by atoms with E-state index < -0.39 is 5.97 Å². The fourth-order valence-electron chi connectivity index (χ4n) is 1.10.